The summed E-state index contributed by atoms with van der Waals surface area (Å²) in [5.41, 5.74) is 2.71. The maximum atomic E-state index is 13.5. The van der Waals surface area contributed by atoms with Gasteiger partial charge in [0.05, 0.1) is 10.6 Å². The first-order valence-corrected chi connectivity index (χ1v) is 14.9. The summed E-state index contributed by atoms with van der Waals surface area (Å²) in [5.74, 6) is -0.296. The smallest absolute Gasteiger partial charge is 0.265 e. The number of rotatable bonds is 9. The minimum Gasteiger partial charge on any atom is -0.352 e. The molecule has 5 rings (SSSR count). The summed E-state index contributed by atoms with van der Waals surface area (Å²) < 4.78 is 28.0. The molecule has 1 fully saturated rings. The van der Waals surface area contributed by atoms with Gasteiger partial charge in [-0.25, -0.2) is 8.42 Å². The number of carbonyl (C=O) groups excluding carboxylic acids is 2. The second kappa shape index (κ2) is 10.8. The number of nitrogens with one attached hydrogen (secondary N) is 1. The van der Waals surface area contributed by atoms with Gasteiger partial charge in [0.15, 0.2) is 0 Å². The van der Waals surface area contributed by atoms with Crippen molar-refractivity contribution < 1.29 is 18.0 Å². The minimum absolute atomic E-state index is 0.137. The van der Waals surface area contributed by atoms with Crippen molar-refractivity contribution in [3.8, 4) is 0 Å². The molecule has 2 aliphatic rings. The Hall–Kier alpha value is -3.39. The first kappa shape index (κ1) is 26.2. The molecule has 8 heteroatoms. The van der Waals surface area contributed by atoms with Crippen LogP contribution in [-0.4, -0.2) is 43.8 Å². The van der Waals surface area contributed by atoms with Crippen LogP contribution in [0.4, 0.5) is 5.69 Å². The normalized spacial score (nSPS) is 17.1. The van der Waals surface area contributed by atoms with E-state index in [0.29, 0.717) is 23.5 Å². The van der Waals surface area contributed by atoms with Gasteiger partial charge in [-0.2, -0.15) is 0 Å². The van der Waals surface area contributed by atoms with Crippen molar-refractivity contribution in [3.63, 3.8) is 0 Å². The van der Waals surface area contributed by atoms with Crippen molar-refractivity contribution in [2.75, 3.05) is 10.8 Å². The summed E-state index contributed by atoms with van der Waals surface area (Å²) in [5, 5.41) is 4.74. The molecule has 1 aliphatic carbocycles. The molecular weight excluding hydrogens is 498 g/mol. The van der Waals surface area contributed by atoms with Crippen LogP contribution >= 0.6 is 0 Å². The SMILES string of the molecule is Cc1cccc(CN(C(=O)CCCN2c3cccc4cccc(c34)S2(=O)=O)C(C)C(=O)NC2CCCC2)c1. The maximum absolute atomic E-state index is 13.5. The van der Waals surface area contributed by atoms with E-state index in [1.165, 1.54) is 4.31 Å². The Morgan fingerprint density at radius 1 is 1.05 bits per heavy atom. The van der Waals surface area contributed by atoms with E-state index >= 15 is 0 Å². The molecule has 0 aromatic heterocycles. The van der Waals surface area contributed by atoms with Crippen LogP contribution < -0.4 is 9.62 Å². The summed E-state index contributed by atoms with van der Waals surface area (Å²) in [7, 11) is -3.67. The molecule has 1 N–H and O–H groups in total. The molecule has 2 amide bonds. The number of carbonyl (C=O) groups is 2. The summed E-state index contributed by atoms with van der Waals surface area (Å²) >= 11 is 0. The lowest BCUT2D eigenvalue weighted by molar-refractivity contribution is -0.141. The Morgan fingerprint density at radius 2 is 1.76 bits per heavy atom. The van der Waals surface area contributed by atoms with Crippen LogP contribution in [-0.2, 0) is 26.2 Å². The molecule has 1 atom stereocenters. The number of nitrogens with zero attached hydrogens (tertiary/aromatic N) is 2. The predicted molar refractivity (Wildman–Crippen MR) is 149 cm³/mol. The predicted octanol–water partition coefficient (Wildman–Crippen LogP) is 4.91. The van der Waals surface area contributed by atoms with E-state index in [1.807, 2.05) is 55.5 Å². The highest BCUT2D eigenvalue weighted by atomic mass is 32.2. The van der Waals surface area contributed by atoms with Gasteiger partial charge in [-0.15, -0.1) is 0 Å². The number of hydrogen-bond acceptors (Lipinski definition) is 4. The highest BCUT2D eigenvalue weighted by Crippen LogP contribution is 2.42. The average molecular weight is 534 g/mol. The fourth-order valence-corrected chi connectivity index (χ4v) is 7.45. The van der Waals surface area contributed by atoms with Gasteiger partial charge in [0, 0.05) is 30.9 Å². The van der Waals surface area contributed by atoms with Gasteiger partial charge in [-0.3, -0.25) is 13.9 Å². The molecule has 0 saturated heterocycles. The van der Waals surface area contributed by atoms with Crippen LogP contribution in [0.25, 0.3) is 10.8 Å². The Kier molecular flexibility index (Phi) is 7.43. The van der Waals surface area contributed by atoms with E-state index in [0.717, 1.165) is 47.6 Å². The fraction of sp³-hybridized carbons (Fsp3) is 0.400. The van der Waals surface area contributed by atoms with E-state index in [1.54, 1.807) is 24.0 Å². The lowest BCUT2D eigenvalue weighted by Gasteiger charge is -2.30. The third-order valence-corrected chi connectivity index (χ3v) is 9.59. The van der Waals surface area contributed by atoms with Gasteiger partial charge in [-0.1, -0.05) is 66.9 Å². The first-order valence-electron chi connectivity index (χ1n) is 13.5. The summed E-state index contributed by atoms with van der Waals surface area (Å²) in [6.45, 7) is 4.30. The van der Waals surface area contributed by atoms with Crippen molar-refractivity contribution in [3.05, 3.63) is 71.8 Å². The molecule has 0 spiro atoms. The minimum atomic E-state index is -3.67. The van der Waals surface area contributed by atoms with Crippen molar-refractivity contribution in [2.45, 2.75) is 75.9 Å². The van der Waals surface area contributed by atoms with Gasteiger partial charge in [-0.05, 0) is 56.2 Å². The molecule has 200 valence electrons. The molecule has 3 aromatic rings. The lowest BCUT2D eigenvalue weighted by Crippen LogP contribution is -2.49. The molecule has 1 heterocycles. The van der Waals surface area contributed by atoms with Gasteiger partial charge in [0.2, 0.25) is 11.8 Å². The van der Waals surface area contributed by atoms with E-state index in [-0.39, 0.29) is 30.8 Å². The second-order valence-corrected chi connectivity index (χ2v) is 12.3. The van der Waals surface area contributed by atoms with Gasteiger partial charge in [0.25, 0.3) is 10.0 Å². The zero-order valence-electron chi connectivity index (χ0n) is 22.0. The molecule has 1 unspecified atom stereocenters. The zero-order chi connectivity index (χ0) is 26.9. The van der Waals surface area contributed by atoms with Crippen LogP contribution in [0.1, 0.15) is 56.6 Å². The van der Waals surface area contributed by atoms with Crippen LogP contribution in [0.5, 0.6) is 0 Å². The monoisotopic (exact) mass is 533 g/mol. The Balaban J connectivity index is 1.30. The quantitative estimate of drug-likeness (QED) is 0.423. The lowest BCUT2D eigenvalue weighted by atomic mass is 10.1. The van der Waals surface area contributed by atoms with Crippen LogP contribution in [0.15, 0.2) is 65.6 Å². The van der Waals surface area contributed by atoms with Crippen LogP contribution in [0.2, 0.25) is 0 Å². The van der Waals surface area contributed by atoms with Crippen molar-refractivity contribution >= 4 is 38.3 Å². The Labute approximate surface area is 224 Å². The first-order chi connectivity index (χ1) is 18.3. The van der Waals surface area contributed by atoms with E-state index < -0.39 is 16.1 Å². The van der Waals surface area contributed by atoms with Gasteiger partial charge in [0.1, 0.15) is 6.04 Å². The Morgan fingerprint density at radius 3 is 2.50 bits per heavy atom. The van der Waals surface area contributed by atoms with E-state index in [2.05, 4.69) is 5.32 Å². The van der Waals surface area contributed by atoms with Crippen molar-refractivity contribution in [2.24, 2.45) is 0 Å². The molecule has 0 radical (unpaired) electrons. The topological polar surface area (TPSA) is 86.8 Å². The maximum Gasteiger partial charge on any atom is 0.265 e. The van der Waals surface area contributed by atoms with Crippen molar-refractivity contribution in [1.29, 1.82) is 0 Å². The van der Waals surface area contributed by atoms with Crippen LogP contribution in [0, 0.1) is 6.92 Å². The van der Waals surface area contributed by atoms with E-state index in [4.69, 9.17) is 0 Å². The summed E-state index contributed by atoms with van der Waals surface area (Å²) in [6.07, 6.45) is 4.67. The third kappa shape index (κ3) is 5.14. The van der Waals surface area contributed by atoms with E-state index in [9.17, 15) is 18.0 Å². The van der Waals surface area contributed by atoms with Crippen LogP contribution in [0.3, 0.4) is 0 Å². The fourth-order valence-electron chi connectivity index (χ4n) is 5.70. The number of amides is 2. The number of sulfonamides is 1. The molecular formula is C30H35N3O4S. The molecule has 1 aliphatic heterocycles. The molecule has 0 bridgehead atoms. The average Bonchev–Trinajstić information content (AvgIpc) is 3.48. The number of hydrogen-bond donors (Lipinski definition) is 1. The molecule has 7 nitrogen and oxygen atoms in total. The molecule has 1 saturated carbocycles. The Bertz CT molecular complexity index is 1460. The third-order valence-electron chi connectivity index (χ3n) is 7.74. The number of benzene rings is 3. The van der Waals surface area contributed by atoms with Crippen molar-refractivity contribution in [1.82, 2.24) is 10.2 Å². The standard InChI is InChI=1S/C30H35N3O4S/c1-21-9-5-10-23(19-21)20-32(22(2)30(35)31-25-13-3-4-14-25)28(34)17-8-18-33-26-15-6-11-24-12-7-16-27(29(24)26)38(33,36)37/h5-7,9-12,15-16,19,22,25H,3-4,8,13-14,17-18,20H2,1-2H3,(H,31,35). The second-order valence-electron chi connectivity index (χ2n) is 10.5. The summed E-state index contributed by atoms with van der Waals surface area (Å²) in [4.78, 5) is 28.6. The highest BCUT2D eigenvalue weighted by molar-refractivity contribution is 7.93. The van der Waals surface area contributed by atoms with Gasteiger partial charge < -0.3 is 10.2 Å². The molecule has 3 aromatic carbocycles. The van der Waals surface area contributed by atoms with Gasteiger partial charge >= 0.3 is 0 Å². The number of anilines is 1. The highest BCUT2D eigenvalue weighted by Gasteiger charge is 2.35. The molecule has 38 heavy (non-hydrogen) atoms. The largest absolute Gasteiger partial charge is 0.352 e. The number of aryl methyl sites for hydroxylation is 1. The zero-order valence-corrected chi connectivity index (χ0v) is 22.8. The summed E-state index contributed by atoms with van der Waals surface area (Å²) in [6, 6.07) is 18.4.